The van der Waals surface area contributed by atoms with Crippen molar-refractivity contribution in [1.82, 2.24) is 10.6 Å². The summed E-state index contributed by atoms with van der Waals surface area (Å²) in [6, 6.07) is 0.472. The summed E-state index contributed by atoms with van der Waals surface area (Å²) in [5.41, 5.74) is 0. The highest BCUT2D eigenvalue weighted by atomic mass is 16.2. The molecule has 2 aliphatic rings. The van der Waals surface area contributed by atoms with Gasteiger partial charge in [-0.3, -0.25) is 4.79 Å². The molecule has 0 aromatic heterocycles. The van der Waals surface area contributed by atoms with E-state index in [9.17, 15) is 4.79 Å². The van der Waals surface area contributed by atoms with Crippen LogP contribution in [0.4, 0.5) is 0 Å². The Morgan fingerprint density at radius 3 is 2.79 bits per heavy atom. The van der Waals surface area contributed by atoms with Crippen molar-refractivity contribution in [2.24, 2.45) is 11.8 Å². The molecule has 0 bridgehead atoms. The van der Waals surface area contributed by atoms with Gasteiger partial charge in [-0.15, -0.1) is 0 Å². The number of amides is 1. The van der Waals surface area contributed by atoms with Gasteiger partial charge in [0.1, 0.15) is 0 Å². The Morgan fingerprint density at radius 1 is 1.43 bits per heavy atom. The molecule has 3 nitrogen and oxygen atoms in total. The van der Waals surface area contributed by atoms with Crippen LogP contribution in [0, 0.1) is 11.8 Å². The zero-order chi connectivity index (χ0) is 9.97. The minimum atomic E-state index is 0.222. The molecule has 0 radical (unpaired) electrons. The predicted molar refractivity (Wildman–Crippen MR) is 55.9 cm³/mol. The molecule has 1 amide bonds. The Bertz CT molecular complexity index is 205. The maximum atomic E-state index is 11.8. The van der Waals surface area contributed by atoms with E-state index < -0.39 is 0 Å². The second-order valence-electron chi connectivity index (χ2n) is 4.83. The number of piperidine rings is 1. The highest BCUT2D eigenvalue weighted by Gasteiger charge is 2.29. The molecule has 3 heteroatoms. The largest absolute Gasteiger partial charge is 0.353 e. The molecule has 1 aliphatic carbocycles. The third-order valence-electron chi connectivity index (χ3n) is 3.39. The van der Waals surface area contributed by atoms with Gasteiger partial charge < -0.3 is 10.6 Å². The van der Waals surface area contributed by atoms with Crippen LogP contribution < -0.4 is 10.6 Å². The van der Waals surface area contributed by atoms with Crippen molar-refractivity contribution in [3.63, 3.8) is 0 Å². The lowest BCUT2D eigenvalue weighted by Gasteiger charge is -2.35. The molecule has 1 unspecified atom stereocenters. The first kappa shape index (κ1) is 9.97. The second-order valence-corrected chi connectivity index (χ2v) is 4.83. The van der Waals surface area contributed by atoms with Gasteiger partial charge in [0.05, 0.1) is 5.92 Å². The molecule has 0 aromatic rings. The lowest BCUT2D eigenvalue weighted by atomic mass is 9.81. The topological polar surface area (TPSA) is 41.1 Å². The van der Waals surface area contributed by atoms with Gasteiger partial charge in [0.2, 0.25) is 5.91 Å². The molecule has 0 spiro atoms. The smallest absolute Gasteiger partial charge is 0.224 e. The second kappa shape index (κ2) is 4.30. The highest BCUT2D eigenvalue weighted by Crippen LogP contribution is 2.26. The number of nitrogens with one attached hydrogen (secondary N) is 2. The summed E-state index contributed by atoms with van der Waals surface area (Å²) in [7, 11) is 0. The van der Waals surface area contributed by atoms with Crippen molar-refractivity contribution >= 4 is 5.91 Å². The van der Waals surface area contributed by atoms with E-state index in [1.54, 1.807) is 0 Å². The van der Waals surface area contributed by atoms with Crippen LogP contribution in [0.15, 0.2) is 0 Å². The van der Waals surface area contributed by atoms with E-state index in [1.807, 2.05) is 0 Å². The summed E-state index contributed by atoms with van der Waals surface area (Å²) in [4.78, 5) is 11.8. The van der Waals surface area contributed by atoms with Gasteiger partial charge in [-0.1, -0.05) is 6.92 Å². The van der Waals surface area contributed by atoms with Gasteiger partial charge in [-0.2, -0.15) is 0 Å². The van der Waals surface area contributed by atoms with Gasteiger partial charge >= 0.3 is 0 Å². The van der Waals surface area contributed by atoms with Crippen LogP contribution in [0.5, 0.6) is 0 Å². The minimum Gasteiger partial charge on any atom is -0.353 e. The predicted octanol–water partition coefficient (Wildman–Crippen LogP) is 0.901. The monoisotopic (exact) mass is 196 g/mol. The van der Waals surface area contributed by atoms with Crippen LogP contribution in [-0.2, 0) is 4.79 Å². The van der Waals surface area contributed by atoms with Gasteiger partial charge in [0.25, 0.3) is 0 Å². The molecule has 2 fully saturated rings. The molecule has 1 atom stereocenters. The summed E-state index contributed by atoms with van der Waals surface area (Å²) in [5.74, 6) is 1.30. The third-order valence-corrected chi connectivity index (χ3v) is 3.39. The Labute approximate surface area is 85.6 Å². The number of hydrogen-bond donors (Lipinski definition) is 2. The standard InChI is InChI=1S/C11H20N2O/c1-8-5-10(6-8)13-11(14)9-3-2-4-12-7-9/h8-10,12H,2-7H2,1H3,(H,13,14). The first-order valence-corrected chi connectivity index (χ1v) is 5.77. The van der Waals surface area contributed by atoms with Gasteiger partial charge in [-0.05, 0) is 38.1 Å². The van der Waals surface area contributed by atoms with Crippen LogP contribution in [0.2, 0.25) is 0 Å². The van der Waals surface area contributed by atoms with E-state index in [2.05, 4.69) is 17.6 Å². The van der Waals surface area contributed by atoms with Crippen molar-refractivity contribution in [2.75, 3.05) is 13.1 Å². The van der Waals surface area contributed by atoms with Gasteiger partial charge in [0.15, 0.2) is 0 Å². The van der Waals surface area contributed by atoms with Crippen LogP contribution >= 0.6 is 0 Å². The molecule has 2 rings (SSSR count). The maximum Gasteiger partial charge on any atom is 0.224 e. The molecule has 1 saturated carbocycles. The maximum absolute atomic E-state index is 11.8. The van der Waals surface area contributed by atoms with E-state index >= 15 is 0 Å². The summed E-state index contributed by atoms with van der Waals surface area (Å²) < 4.78 is 0. The normalized spacial score (nSPS) is 37.4. The average Bonchev–Trinajstić information content (AvgIpc) is 2.17. The Kier molecular flexibility index (Phi) is 3.06. The lowest BCUT2D eigenvalue weighted by Crippen LogP contribution is -2.48. The fraction of sp³-hybridized carbons (Fsp3) is 0.909. The summed E-state index contributed by atoms with van der Waals surface area (Å²) >= 11 is 0. The van der Waals surface area contributed by atoms with Gasteiger partial charge in [0, 0.05) is 12.6 Å². The van der Waals surface area contributed by atoms with Crippen molar-refractivity contribution < 1.29 is 4.79 Å². The first-order chi connectivity index (χ1) is 6.75. The molecule has 80 valence electrons. The van der Waals surface area contributed by atoms with Crippen LogP contribution in [0.3, 0.4) is 0 Å². The first-order valence-electron chi connectivity index (χ1n) is 5.77. The Hall–Kier alpha value is -0.570. The Morgan fingerprint density at radius 2 is 2.21 bits per heavy atom. The van der Waals surface area contributed by atoms with Crippen molar-refractivity contribution in [2.45, 2.75) is 38.6 Å². The molecule has 1 aliphatic heterocycles. The van der Waals surface area contributed by atoms with Crippen LogP contribution in [0.25, 0.3) is 0 Å². The summed E-state index contributed by atoms with van der Waals surface area (Å²) in [5, 5.41) is 6.41. The fourth-order valence-corrected chi connectivity index (χ4v) is 2.41. The summed E-state index contributed by atoms with van der Waals surface area (Å²) in [6.45, 7) is 4.18. The molecular formula is C11H20N2O. The number of hydrogen-bond acceptors (Lipinski definition) is 2. The SMILES string of the molecule is CC1CC(NC(=O)C2CCCNC2)C1. The van der Waals surface area contributed by atoms with Crippen molar-refractivity contribution in [1.29, 1.82) is 0 Å². The Balaban J connectivity index is 1.71. The van der Waals surface area contributed by atoms with E-state index in [1.165, 1.54) is 12.8 Å². The number of carbonyl (C=O) groups is 1. The average molecular weight is 196 g/mol. The highest BCUT2D eigenvalue weighted by molar-refractivity contribution is 5.79. The van der Waals surface area contributed by atoms with Gasteiger partial charge in [-0.25, -0.2) is 0 Å². The zero-order valence-corrected chi connectivity index (χ0v) is 8.88. The molecule has 2 N–H and O–H groups in total. The van der Waals surface area contributed by atoms with E-state index in [0.29, 0.717) is 6.04 Å². The minimum absolute atomic E-state index is 0.222. The number of carbonyl (C=O) groups excluding carboxylic acids is 1. The molecule has 1 heterocycles. The van der Waals surface area contributed by atoms with Crippen LogP contribution in [-0.4, -0.2) is 25.0 Å². The quantitative estimate of drug-likeness (QED) is 0.689. The van der Waals surface area contributed by atoms with E-state index in [4.69, 9.17) is 0 Å². The lowest BCUT2D eigenvalue weighted by molar-refractivity contribution is -0.127. The third kappa shape index (κ3) is 2.27. The van der Waals surface area contributed by atoms with Crippen molar-refractivity contribution in [3.8, 4) is 0 Å². The number of rotatable bonds is 2. The van der Waals surface area contributed by atoms with Crippen molar-refractivity contribution in [3.05, 3.63) is 0 Å². The molecule has 0 aromatic carbocycles. The molecular weight excluding hydrogens is 176 g/mol. The van der Waals surface area contributed by atoms with E-state index in [-0.39, 0.29) is 11.8 Å². The summed E-state index contributed by atoms with van der Waals surface area (Å²) in [6.07, 6.45) is 4.54. The van der Waals surface area contributed by atoms with Crippen LogP contribution in [0.1, 0.15) is 32.6 Å². The fourth-order valence-electron chi connectivity index (χ4n) is 2.41. The van der Waals surface area contributed by atoms with E-state index in [0.717, 1.165) is 31.8 Å². The zero-order valence-electron chi connectivity index (χ0n) is 8.88. The molecule has 1 saturated heterocycles. The molecule has 14 heavy (non-hydrogen) atoms.